The largest absolute Gasteiger partial charge is 0.466 e. The van der Waals surface area contributed by atoms with E-state index in [0.29, 0.717) is 26.6 Å². The first-order chi connectivity index (χ1) is 15.3. The zero-order valence-electron chi connectivity index (χ0n) is 16.9. The summed E-state index contributed by atoms with van der Waals surface area (Å²) in [6.45, 7) is 1.66. The Morgan fingerprint density at radius 1 is 1.25 bits per heavy atom. The van der Waals surface area contributed by atoms with Crippen LogP contribution in [0.25, 0.3) is 6.08 Å². The van der Waals surface area contributed by atoms with Crippen molar-refractivity contribution in [2.45, 2.75) is 13.0 Å². The van der Waals surface area contributed by atoms with Crippen molar-refractivity contribution in [3.8, 4) is 0 Å². The molecule has 1 unspecified atom stereocenters. The molecule has 0 saturated heterocycles. The van der Waals surface area contributed by atoms with Gasteiger partial charge in [-0.05, 0) is 30.7 Å². The van der Waals surface area contributed by atoms with Gasteiger partial charge in [-0.2, -0.15) is 0 Å². The minimum Gasteiger partial charge on any atom is -0.466 e. The number of aromatic nitrogens is 1. The van der Waals surface area contributed by atoms with E-state index in [1.165, 1.54) is 23.8 Å². The van der Waals surface area contributed by atoms with E-state index in [1.54, 1.807) is 49.4 Å². The van der Waals surface area contributed by atoms with Crippen LogP contribution in [0.3, 0.4) is 0 Å². The summed E-state index contributed by atoms with van der Waals surface area (Å²) in [5, 5.41) is 11.8. The Balaban J connectivity index is 2.02. The highest BCUT2D eigenvalue weighted by Gasteiger charge is 2.34. The second kappa shape index (κ2) is 8.52. The molecule has 0 amide bonds. The van der Waals surface area contributed by atoms with Crippen molar-refractivity contribution in [3.05, 3.63) is 106 Å². The van der Waals surface area contributed by atoms with Crippen molar-refractivity contribution in [3.63, 3.8) is 0 Å². The molecule has 2 heterocycles. The molecule has 0 aliphatic carbocycles. The fraction of sp³-hybridized carbons (Fsp3) is 0.136. The Labute approximate surface area is 190 Å². The summed E-state index contributed by atoms with van der Waals surface area (Å²) in [6, 6.07) is 12.2. The number of benzene rings is 2. The van der Waals surface area contributed by atoms with Crippen LogP contribution in [-0.2, 0) is 9.53 Å². The van der Waals surface area contributed by atoms with Gasteiger partial charge in [0.15, 0.2) is 4.80 Å². The summed E-state index contributed by atoms with van der Waals surface area (Å²) < 4.78 is 6.58. The van der Waals surface area contributed by atoms with Crippen LogP contribution in [-0.4, -0.2) is 22.6 Å². The number of thiazole rings is 1. The van der Waals surface area contributed by atoms with E-state index in [9.17, 15) is 19.7 Å². The zero-order chi connectivity index (χ0) is 23.0. The van der Waals surface area contributed by atoms with Gasteiger partial charge in [0.05, 0.1) is 33.4 Å². The average molecular weight is 470 g/mol. The average Bonchev–Trinajstić information content (AvgIpc) is 3.07. The molecule has 1 aromatic heterocycles. The van der Waals surface area contributed by atoms with E-state index < -0.39 is 22.5 Å². The maximum atomic E-state index is 13.5. The van der Waals surface area contributed by atoms with Crippen LogP contribution in [0.4, 0.5) is 5.69 Å². The molecule has 1 atom stereocenters. The number of fused-ring (bicyclic) bond motifs is 1. The number of nitro groups is 1. The summed E-state index contributed by atoms with van der Waals surface area (Å²) in [5.74, 6) is -0.621. The monoisotopic (exact) mass is 469 g/mol. The Hall–Kier alpha value is -3.56. The van der Waals surface area contributed by atoms with Crippen LogP contribution < -0.4 is 14.9 Å². The van der Waals surface area contributed by atoms with E-state index in [4.69, 9.17) is 16.3 Å². The van der Waals surface area contributed by atoms with E-state index in [1.807, 2.05) is 0 Å². The maximum absolute atomic E-state index is 13.5. The minimum atomic E-state index is -0.847. The molecular weight excluding hydrogens is 454 g/mol. The lowest BCUT2D eigenvalue weighted by atomic mass is 9.96. The maximum Gasteiger partial charge on any atom is 0.338 e. The van der Waals surface area contributed by atoms with E-state index in [2.05, 4.69) is 4.99 Å². The van der Waals surface area contributed by atoms with Gasteiger partial charge in [-0.1, -0.05) is 53.3 Å². The Morgan fingerprint density at radius 2 is 1.94 bits per heavy atom. The molecule has 0 radical (unpaired) electrons. The van der Waals surface area contributed by atoms with Crippen LogP contribution in [0.1, 0.15) is 24.1 Å². The van der Waals surface area contributed by atoms with Crippen LogP contribution in [0, 0.1) is 10.1 Å². The SMILES string of the molecule is COC(=O)C1=C(C)N=c2s/c(=C\c3ccccc3[N+](=O)[O-])c(=O)n2C1c1ccccc1Cl. The zero-order valence-corrected chi connectivity index (χ0v) is 18.5. The first-order valence-corrected chi connectivity index (χ1v) is 10.6. The summed E-state index contributed by atoms with van der Waals surface area (Å²) in [5.41, 5.74) is 0.881. The number of carbonyl (C=O) groups excluding carboxylic acids is 1. The van der Waals surface area contributed by atoms with Crippen molar-refractivity contribution < 1.29 is 14.5 Å². The molecule has 10 heteroatoms. The molecular formula is C22H16ClN3O5S. The number of methoxy groups -OCH3 is 1. The number of esters is 1. The minimum absolute atomic E-state index is 0.118. The molecule has 0 fully saturated rings. The number of rotatable bonds is 4. The normalized spacial score (nSPS) is 15.8. The third-order valence-electron chi connectivity index (χ3n) is 5.05. The molecule has 8 nitrogen and oxygen atoms in total. The third-order valence-corrected chi connectivity index (χ3v) is 6.37. The summed E-state index contributed by atoms with van der Waals surface area (Å²) in [4.78, 5) is 41.8. The number of hydrogen-bond acceptors (Lipinski definition) is 7. The third kappa shape index (κ3) is 3.65. The number of para-hydroxylation sites is 1. The van der Waals surface area contributed by atoms with Crippen LogP contribution in [0.15, 0.2) is 69.6 Å². The lowest BCUT2D eigenvalue weighted by molar-refractivity contribution is -0.385. The molecule has 162 valence electrons. The number of allylic oxidation sites excluding steroid dienone is 1. The highest BCUT2D eigenvalue weighted by molar-refractivity contribution is 7.07. The smallest absolute Gasteiger partial charge is 0.338 e. The van der Waals surface area contributed by atoms with Gasteiger partial charge >= 0.3 is 5.97 Å². The Kier molecular flexibility index (Phi) is 5.77. The molecule has 1 aliphatic rings. The van der Waals surface area contributed by atoms with Gasteiger partial charge in [0.25, 0.3) is 11.2 Å². The fourth-order valence-electron chi connectivity index (χ4n) is 3.60. The second-order valence-corrected chi connectivity index (χ2v) is 8.33. The number of hydrogen-bond donors (Lipinski definition) is 0. The van der Waals surface area contributed by atoms with Gasteiger partial charge < -0.3 is 4.74 Å². The number of ether oxygens (including phenoxy) is 1. The summed E-state index contributed by atoms with van der Waals surface area (Å²) >= 11 is 7.51. The Morgan fingerprint density at radius 3 is 2.62 bits per heavy atom. The first kappa shape index (κ1) is 21.7. The van der Waals surface area contributed by atoms with Crippen molar-refractivity contribution >= 4 is 40.7 Å². The van der Waals surface area contributed by atoms with E-state index >= 15 is 0 Å². The molecule has 32 heavy (non-hydrogen) atoms. The highest BCUT2D eigenvalue weighted by atomic mass is 35.5. The highest BCUT2D eigenvalue weighted by Crippen LogP contribution is 2.34. The van der Waals surface area contributed by atoms with Gasteiger partial charge in [0.1, 0.15) is 6.04 Å². The molecule has 0 spiro atoms. The predicted molar refractivity (Wildman–Crippen MR) is 120 cm³/mol. The van der Waals surface area contributed by atoms with Crippen molar-refractivity contribution in [2.24, 2.45) is 4.99 Å². The lowest BCUT2D eigenvalue weighted by Crippen LogP contribution is -2.39. The molecule has 0 N–H and O–H groups in total. The van der Waals surface area contributed by atoms with Crippen molar-refractivity contribution in [1.29, 1.82) is 0 Å². The molecule has 2 aromatic carbocycles. The predicted octanol–water partition coefficient (Wildman–Crippen LogP) is 2.97. The molecule has 0 bridgehead atoms. The number of carbonyl (C=O) groups is 1. The summed E-state index contributed by atoms with van der Waals surface area (Å²) in [6.07, 6.45) is 1.46. The first-order valence-electron chi connectivity index (χ1n) is 9.42. The molecule has 0 saturated carbocycles. The quantitative estimate of drug-likeness (QED) is 0.332. The Bertz CT molecular complexity index is 1470. The van der Waals surface area contributed by atoms with E-state index in [0.717, 1.165) is 11.3 Å². The van der Waals surface area contributed by atoms with Crippen LogP contribution >= 0.6 is 22.9 Å². The van der Waals surface area contributed by atoms with E-state index in [-0.39, 0.29) is 15.8 Å². The van der Waals surface area contributed by atoms with Gasteiger partial charge in [-0.3, -0.25) is 19.5 Å². The van der Waals surface area contributed by atoms with Gasteiger partial charge in [-0.15, -0.1) is 0 Å². The van der Waals surface area contributed by atoms with Crippen molar-refractivity contribution in [1.82, 2.24) is 4.57 Å². The number of halogens is 1. The summed E-state index contributed by atoms with van der Waals surface area (Å²) in [7, 11) is 1.26. The van der Waals surface area contributed by atoms with Gasteiger partial charge in [0, 0.05) is 11.1 Å². The molecule has 3 aromatic rings. The van der Waals surface area contributed by atoms with Crippen LogP contribution in [0.2, 0.25) is 5.02 Å². The molecule has 1 aliphatic heterocycles. The standard InChI is InChI=1S/C22H16ClN3O5S/c1-12-18(21(28)31-2)19(14-8-4-5-9-15(14)23)25-20(27)17(32-22(25)24-12)11-13-7-3-6-10-16(13)26(29)30/h3-11,19H,1-2H3/b17-11-. The topological polar surface area (TPSA) is 104 Å². The fourth-order valence-corrected chi connectivity index (χ4v) is 4.88. The van der Waals surface area contributed by atoms with Gasteiger partial charge in [0.2, 0.25) is 0 Å². The van der Waals surface area contributed by atoms with Gasteiger partial charge in [-0.25, -0.2) is 9.79 Å². The second-order valence-electron chi connectivity index (χ2n) is 6.91. The van der Waals surface area contributed by atoms with Crippen LogP contribution in [0.5, 0.6) is 0 Å². The lowest BCUT2D eigenvalue weighted by Gasteiger charge is -2.25. The number of nitrogens with zero attached hydrogens (tertiary/aromatic N) is 3. The van der Waals surface area contributed by atoms with Crippen molar-refractivity contribution in [2.75, 3.05) is 7.11 Å². The molecule has 4 rings (SSSR count). The number of nitro benzene ring substituents is 1.